The number of hydrogen-bond acceptors (Lipinski definition) is 4. The molecule has 0 aromatic carbocycles. The molecule has 110 valence electrons. The van der Waals surface area contributed by atoms with E-state index in [1.807, 2.05) is 0 Å². The average Bonchev–Trinajstić information content (AvgIpc) is 2.91. The average molecular weight is 270 g/mol. The van der Waals surface area contributed by atoms with E-state index in [0.29, 0.717) is 18.6 Å². The highest BCUT2D eigenvalue weighted by atomic mass is 16.5. The Hall–Kier alpha value is -0.650. The highest BCUT2D eigenvalue weighted by Crippen LogP contribution is 2.22. The number of ether oxygens (including phenoxy) is 2. The molecular weight excluding hydrogens is 244 g/mol. The third-order valence-electron chi connectivity index (χ3n) is 4.05. The maximum Gasteiger partial charge on any atom is 0.246 e. The first-order chi connectivity index (χ1) is 9.29. The Bertz CT molecular complexity index is 280. The molecule has 0 bridgehead atoms. The van der Waals surface area contributed by atoms with Crippen molar-refractivity contribution in [2.45, 2.75) is 44.8 Å². The third kappa shape index (κ3) is 4.75. The van der Waals surface area contributed by atoms with Crippen LogP contribution < -0.4 is 10.6 Å². The minimum atomic E-state index is 0.000265. The number of rotatable bonds is 6. The van der Waals surface area contributed by atoms with E-state index in [2.05, 4.69) is 17.6 Å². The predicted octanol–water partition coefficient (Wildman–Crippen LogP) is 0.686. The van der Waals surface area contributed by atoms with Gasteiger partial charge in [0.1, 0.15) is 6.61 Å². The summed E-state index contributed by atoms with van der Waals surface area (Å²) in [4.78, 5) is 11.7. The first-order valence-corrected chi connectivity index (χ1v) is 7.50. The molecule has 5 heteroatoms. The van der Waals surface area contributed by atoms with Crippen LogP contribution in [-0.2, 0) is 14.3 Å². The minimum Gasteiger partial charge on any atom is -0.378 e. The fourth-order valence-corrected chi connectivity index (χ4v) is 2.83. The number of piperidine rings is 1. The van der Waals surface area contributed by atoms with Crippen molar-refractivity contribution in [1.29, 1.82) is 0 Å². The standard InChI is InChI=1S/C14H26N2O3/c1-2-13-11(5-8-18-13)9-16-14(17)10-19-12-3-6-15-7-4-12/h11-13,15H,2-10H2,1H3,(H,16,17). The van der Waals surface area contributed by atoms with Crippen molar-refractivity contribution in [2.24, 2.45) is 5.92 Å². The molecule has 0 aliphatic carbocycles. The lowest BCUT2D eigenvalue weighted by Crippen LogP contribution is -2.38. The summed E-state index contributed by atoms with van der Waals surface area (Å²) < 4.78 is 11.2. The van der Waals surface area contributed by atoms with Gasteiger partial charge in [0.05, 0.1) is 12.2 Å². The molecule has 2 aliphatic rings. The largest absolute Gasteiger partial charge is 0.378 e. The molecule has 2 fully saturated rings. The quantitative estimate of drug-likeness (QED) is 0.745. The Morgan fingerprint density at radius 1 is 1.37 bits per heavy atom. The van der Waals surface area contributed by atoms with Crippen LogP contribution in [0.15, 0.2) is 0 Å². The van der Waals surface area contributed by atoms with Crippen LogP contribution in [0.4, 0.5) is 0 Å². The summed E-state index contributed by atoms with van der Waals surface area (Å²) in [7, 11) is 0. The maximum atomic E-state index is 11.7. The van der Waals surface area contributed by atoms with Crippen molar-refractivity contribution in [2.75, 3.05) is 32.8 Å². The lowest BCUT2D eigenvalue weighted by molar-refractivity contribution is -0.128. The lowest BCUT2D eigenvalue weighted by Gasteiger charge is -2.23. The zero-order valence-electron chi connectivity index (χ0n) is 11.8. The number of carbonyl (C=O) groups excluding carboxylic acids is 1. The molecule has 2 heterocycles. The summed E-state index contributed by atoms with van der Waals surface area (Å²) in [6.45, 7) is 5.84. The van der Waals surface area contributed by atoms with Gasteiger partial charge in [-0.15, -0.1) is 0 Å². The van der Waals surface area contributed by atoms with Crippen molar-refractivity contribution in [3.8, 4) is 0 Å². The number of carbonyl (C=O) groups is 1. The monoisotopic (exact) mass is 270 g/mol. The van der Waals surface area contributed by atoms with Crippen molar-refractivity contribution in [1.82, 2.24) is 10.6 Å². The van der Waals surface area contributed by atoms with Gasteiger partial charge in [-0.25, -0.2) is 0 Å². The van der Waals surface area contributed by atoms with Gasteiger partial charge in [0.25, 0.3) is 0 Å². The predicted molar refractivity (Wildman–Crippen MR) is 73.0 cm³/mol. The summed E-state index contributed by atoms with van der Waals surface area (Å²) >= 11 is 0. The summed E-state index contributed by atoms with van der Waals surface area (Å²) in [6, 6.07) is 0. The van der Waals surface area contributed by atoms with Crippen molar-refractivity contribution in [3.05, 3.63) is 0 Å². The lowest BCUT2D eigenvalue weighted by atomic mass is 10.00. The van der Waals surface area contributed by atoms with E-state index in [4.69, 9.17) is 9.47 Å². The molecule has 2 rings (SSSR count). The molecule has 19 heavy (non-hydrogen) atoms. The second-order valence-electron chi connectivity index (χ2n) is 5.43. The fraction of sp³-hybridized carbons (Fsp3) is 0.929. The van der Waals surface area contributed by atoms with Crippen LogP contribution in [0.25, 0.3) is 0 Å². The molecule has 2 unspecified atom stereocenters. The smallest absolute Gasteiger partial charge is 0.246 e. The van der Waals surface area contributed by atoms with E-state index >= 15 is 0 Å². The fourth-order valence-electron chi connectivity index (χ4n) is 2.83. The van der Waals surface area contributed by atoms with Crippen LogP contribution in [0, 0.1) is 5.92 Å². The molecule has 0 aromatic heterocycles. The molecule has 0 aromatic rings. The Morgan fingerprint density at radius 3 is 2.89 bits per heavy atom. The zero-order valence-corrected chi connectivity index (χ0v) is 11.8. The highest BCUT2D eigenvalue weighted by Gasteiger charge is 2.26. The van der Waals surface area contributed by atoms with E-state index < -0.39 is 0 Å². The van der Waals surface area contributed by atoms with Gasteiger partial charge >= 0.3 is 0 Å². The molecule has 2 N–H and O–H groups in total. The van der Waals surface area contributed by atoms with Gasteiger partial charge in [-0.3, -0.25) is 4.79 Å². The van der Waals surface area contributed by atoms with Crippen LogP contribution in [-0.4, -0.2) is 51.0 Å². The Kier molecular flexibility index (Phi) is 6.07. The SMILES string of the molecule is CCC1OCCC1CNC(=O)COC1CCNCC1. The Morgan fingerprint density at radius 2 is 2.16 bits per heavy atom. The summed E-state index contributed by atoms with van der Waals surface area (Å²) in [5, 5.41) is 6.25. The molecule has 2 saturated heterocycles. The summed E-state index contributed by atoms with van der Waals surface area (Å²) in [6.07, 6.45) is 4.62. The van der Waals surface area contributed by atoms with Crippen LogP contribution in [0.5, 0.6) is 0 Å². The normalized spacial score (nSPS) is 28.5. The molecule has 0 spiro atoms. The molecular formula is C14H26N2O3. The van der Waals surface area contributed by atoms with E-state index in [1.165, 1.54) is 0 Å². The first-order valence-electron chi connectivity index (χ1n) is 7.50. The highest BCUT2D eigenvalue weighted by molar-refractivity contribution is 5.77. The second kappa shape index (κ2) is 7.82. The van der Waals surface area contributed by atoms with E-state index in [9.17, 15) is 4.79 Å². The van der Waals surface area contributed by atoms with Crippen LogP contribution in [0.3, 0.4) is 0 Å². The van der Waals surface area contributed by atoms with Gasteiger partial charge in [-0.2, -0.15) is 0 Å². The topological polar surface area (TPSA) is 59.6 Å². The zero-order chi connectivity index (χ0) is 13.5. The van der Waals surface area contributed by atoms with E-state index in [1.54, 1.807) is 0 Å². The van der Waals surface area contributed by atoms with Gasteiger partial charge in [-0.05, 0) is 38.8 Å². The number of hydrogen-bond donors (Lipinski definition) is 2. The Labute approximate surface area is 115 Å². The van der Waals surface area contributed by atoms with Gasteiger partial charge in [0.15, 0.2) is 0 Å². The van der Waals surface area contributed by atoms with E-state index in [-0.39, 0.29) is 18.6 Å². The molecule has 2 atom stereocenters. The van der Waals surface area contributed by atoms with Crippen LogP contribution in [0.1, 0.15) is 32.6 Å². The minimum absolute atomic E-state index is 0.000265. The van der Waals surface area contributed by atoms with Crippen molar-refractivity contribution >= 4 is 5.91 Å². The third-order valence-corrected chi connectivity index (χ3v) is 4.05. The second-order valence-corrected chi connectivity index (χ2v) is 5.43. The van der Waals surface area contributed by atoms with Gasteiger partial charge in [-0.1, -0.05) is 6.92 Å². The van der Waals surface area contributed by atoms with Gasteiger partial charge < -0.3 is 20.1 Å². The maximum absolute atomic E-state index is 11.7. The van der Waals surface area contributed by atoms with Crippen LogP contribution in [0.2, 0.25) is 0 Å². The number of amides is 1. The molecule has 0 saturated carbocycles. The van der Waals surface area contributed by atoms with Crippen molar-refractivity contribution in [3.63, 3.8) is 0 Å². The first kappa shape index (κ1) is 14.8. The van der Waals surface area contributed by atoms with Gasteiger partial charge in [0, 0.05) is 19.1 Å². The molecule has 1 amide bonds. The molecule has 2 aliphatic heterocycles. The number of nitrogens with one attached hydrogen (secondary N) is 2. The van der Waals surface area contributed by atoms with Crippen LogP contribution >= 0.6 is 0 Å². The molecule has 5 nitrogen and oxygen atoms in total. The van der Waals surface area contributed by atoms with Crippen molar-refractivity contribution < 1.29 is 14.3 Å². The summed E-state index contributed by atoms with van der Waals surface area (Å²) in [5.74, 6) is 0.466. The van der Waals surface area contributed by atoms with Gasteiger partial charge in [0.2, 0.25) is 5.91 Å². The summed E-state index contributed by atoms with van der Waals surface area (Å²) in [5.41, 5.74) is 0. The molecule has 0 radical (unpaired) electrons. The Balaban J connectivity index is 1.58. The van der Waals surface area contributed by atoms with E-state index in [0.717, 1.165) is 45.4 Å².